The number of halogens is 1. The predicted octanol–water partition coefficient (Wildman–Crippen LogP) is 4.05. The fourth-order valence-corrected chi connectivity index (χ4v) is 5.18. The van der Waals surface area contributed by atoms with E-state index >= 15 is 0 Å². The van der Waals surface area contributed by atoms with Gasteiger partial charge >= 0.3 is 0 Å². The van der Waals surface area contributed by atoms with E-state index in [-0.39, 0.29) is 34.6 Å². The van der Waals surface area contributed by atoms with Crippen molar-refractivity contribution in [2.45, 2.75) is 38.1 Å². The van der Waals surface area contributed by atoms with Crippen molar-refractivity contribution in [1.29, 1.82) is 0 Å². The fraction of sp³-hybridized carbons (Fsp3) is 0.435. The normalized spacial score (nSPS) is 16.3. The fourth-order valence-electron chi connectivity index (χ4n) is 3.55. The van der Waals surface area contributed by atoms with Crippen molar-refractivity contribution >= 4 is 27.5 Å². The molecule has 1 aliphatic heterocycles. The molecule has 6 nitrogen and oxygen atoms in total. The molecule has 1 fully saturated rings. The van der Waals surface area contributed by atoms with Crippen LogP contribution in [0.4, 0.5) is 0 Å². The minimum Gasteiger partial charge on any atom is -0.379 e. The molecule has 0 saturated carbocycles. The van der Waals surface area contributed by atoms with E-state index < -0.39 is 15.9 Å². The van der Waals surface area contributed by atoms with Gasteiger partial charge in [-0.2, -0.15) is 4.31 Å². The Morgan fingerprint density at radius 2 is 1.74 bits per heavy atom. The topological polar surface area (TPSA) is 75.7 Å². The summed E-state index contributed by atoms with van der Waals surface area (Å²) >= 11 is 6.24. The number of hydrogen-bond donors (Lipinski definition) is 1. The summed E-state index contributed by atoms with van der Waals surface area (Å²) < 4.78 is 32.4. The van der Waals surface area contributed by atoms with Crippen LogP contribution in [0, 0.1) is 5.92 Å². The van der Waals surface area contributed by atoms with Crippen LogP contribution in [0.25, 0.3) is 0 Å². The van der Waals surface area contributed by atoms with E-state index in [1.165, 1.54) is 28.1 Å². The number of benzene rings is 2. The Morgan fingerprint density at radius 3 is 2.35 bits per heavy atom. The lowest BCUT2D eigenvalue weighted by atomic mass is 10.00. The minimum absolute atomic E-state index is 0.0506. The first-order valence-electron chi connectivity index (χ1n) is 10.5. The average Bonchev–Trinajstić information content (AvgIpc) is 2.74. The van der Waals surface area contributed by atoms with E-state index in [9.17, 15) is 13.2 Å². The predicted molar refractivity (Wildman–Crippen MR) is 122 cm³/mol. The lowest BCUT2D eigenvalue weighted by molar-refractivity contribution is 0.0730. The standard InChI is InChI=1S/C23H29ClN2O4S/c1-16(2)14-18-4-6-19(7-5-18)17(3)25-23(27)21-15-20(8-9-22(21)24)31(28,29)26-10-12-30-13-11-26/h4-9,15-17H,10-14H2,1-3H3,(H,25,27)/t17-/m0/s1. The van der Waals surface area contributed by atoms with Crippen molar-refractivity contribution in [2.24, 2.45) is 5.92 Å². The summed E-state index contributed by atoms with van der Waals surface area (Å²) in [5, 5.41) is 3.13. The van der Waals surface area contributed by atoms with Crippen molar-refractivity contribution in [2.75, 3.05) is 26.3 Å². The number of ether oxygens (including phenoxy) is 1. The van der Waals surface area contributed by atoms with Gasteiger partial charge in [0.1, 0.15) is 0 Å². The van der Waals surface area contributed by atoms with Crippen molar-refractivity contribution < 1.29 is 17.9 Å². The zero-order valence-corrected chi connectivity index (χ0v) is 19.7. The lowest BCUT2D eigenvalue weighted by Gasteiger charge is -2.26. The molecule has 0 bridgehead atoms. The third kappa shape index (κ3) is 5.86. The van der Waals surface area contributed by atoms with Crippen LogP contribution in [-0.2, 0) is 21.2 Å². The molecule has 1 heterocycles. The van der Waals surface area contributed by atoms with Gasteiger partial charge in [-0.1, -0.05) is 49.7 Å². The molecule has 0 aliphatic carbocycles. The van der Waals surface area contributed by atoms with Gasteiger partial charge in [0.25, 0.3) is 5.91 Å². The highest BCUT2D eigenvalue weighted by Gasteiger charge is 2.28. The number of sulfonamides is 1. The third-order valence-electron chi connectivity index (χ3n) is 5.26. The Bertz CT molecular complexity index is 1020. The van der Waals surface area contributed by atoms with Gasteiger partial charge in [-0.05, 0) is 48.6 Å². The van der Waals surface area contributed by atoms with Crippen LogP contribution in [0.1, 0.15) is 48.3 Å². The molecule has 1 atom stereocenters. The highest BCUT2D eigenvalue weighted by molar-refractivity contribution is 7.89. The SMILES string of the molecule is CC(C)Cc1ccc([C@H](C)NC(=O)c2cc(S(=O)(=O)N3CCOCC3)ccc2Cl)cc1. The molecule has 168 valence electrons. The van der Waals surface area contributed by atoms with E-state index in [4.69, 9.17) is 16.3 Å². The number of nitrogens with zero attached hydrogens (tertiary/aromatic N) is 1. The molecule has 2 aromatic carbocycles. The maximum Gasteiger partial charge on any atom is 0.253 e. The second-order valence-corrected chi connectivity index (χ2v) is 10.5. The first kappa shape index (κ1) is 23.7. The van der Waals surface area contributed by atoms with Crippen LogP contribution >= 0.6 is 11.6 Å². The Balaban J connectivity index is 1.76. The second kappa shape index (κ2) is 10.1. The van der Waals surface area contributed by atoms with E-state index in [0.29, 0.717) is 19.1 Å². The molecular formula is C23H29ClN2O4S. The molecule has 1 amide bonds. The summed E-state index contributed by atoms with van der Waals surface area (Å²) in [4.78, 5) is 12.9. The van der Waals surface area contributed by atoms with Gasteiger partial charge in [0, 0.05) is 13.1 Å². The largest absolute Gasteiger partial charge is 0.379 e. The summed E-state index contributed by atoms with van der Waals surface area (Å²) in [7, 11) is -3.72. The summed E-state index contributed by atoms with van der Waals surface area (Å²) in [6, 6.07) is 12.1. The number of carbonyl (C=O) groups is 1. The van der Waals surface area contributed by atoms with Crippen molar-refractivity contribution in [1.82, 2.24) is 9.62 Å². The Labute approximate surface area is 189 Å². The Morgan fingerprint density at radius 1 is 1.10 bits per heavy atom. The van der Waals surface area contributed by atoms with E-state index in [1.807, 2.05) is 19.1 Å². The maximum atomic E-state index is 12.9. The van der Waals surface area contributed by atoms with Gasteiger partial charge in [0.2, 0.25) is 10.0 Å². The first-order valence-corrected chi connectivity index (χ1v) is 12.3. The van der Waals surface area contributed by atoms with Gasteiger partial charge in [-0.3, -0.25) is 4.79 Å². The van der Waals surface area contributed by atoms with Crippen LogP contribution in [0.3, 0.4) is 0 Å². The van der Waals surface area contributed by atoms with Gasteiger partial charge in [0.15, 0.2) is 0 Å². The van der Waals surface area contributed by atoms with Gasteiger partial charge in [-0.25, -0.2) is 8.42 Å². The number of amides is 1. The van der Waals surface area contributed by atoms with E-state index in [1.54, 1.807) is 0 Å². The summed E-state index contributed by atoms with van der Waals surface area (Å²) in [6.45, 7) is 7.52. The lowest BCUT2D eigenvalue weighted by Crippen LogP contribution is -2.40. The highest BCUT2D eigenvalue weighted by atomic mass is 35.5. The number of hydrogen-bond acceptors (Lipinski definition) is 4. The smallest absolute Gasteiger partial charge is 0.253 e. The van der Waals surface area contributed by atoms with Gasteiger partial charge < -0.3 is 10.1 Å². The van der Waals surface area contributed by atoms with Crippen molar-refractivity contribution in [3.63, 3.8) is 0 Å². The van der Waals surface area contributed by atoms with E-state index in [0.717, 1.165) is 12.0 Å². The Hall–Kier alpha value is -1.93. The molecule has 3 rings (SSSR count). The molecule has 1 N–H and O–H groups in total. The minimum atomic E-state index is -3.72. The molecule has 8 heteroatoms. The quantitative estimate of drug-likeness (QED) is 0.670. The van der Waals surface area contributed by atoms with Gasteiger partial charge in [0.05, 0.1) is 34.7 Å². The van der Waals surface area contributed by atoms with Crippen LogP contribution in [0.2, 0.25) is 5.02 Å². The molecule has 0 aromatic heterocycles. The molecule has 1 aliphatic rings. The number of carbonyl (C=O) groups excluding carboxylic acids is 1. The molecule has 0 spiro atoms. The summed E-state index contributed by atoms with van der Waals surface area (Å²) in [5.41, 5.74) is 2.36. The monoisotopic (exact) mass is 464 g/mol. The molecule has 0 unspecified atom stereocenters. The molecule has 1 saturated heterocycles. The summed E-state index contributed by atoms with van der Waals surface area (Å²) in [6.07, 6.45) is 1.00. The highest BCUT2D eigenvalue weighted by Crippen LogP contribution is 2.25. The maximum absolute atomic E-state index is 12.9. The molecular weight excluding hydrogens is 436 g/mol. The zero-order valence-electron chi connectivity index (χ0n) is 18.1. The number of nitrogens with one attached hydrogen (secondary N) is 1. The van der Waals surface area contributed by atoms with Crippen molar-refractivity contribution in [3.05, 3.63) is 64.2 Å². The van der Waals surface area contributed by atoms with E-state index in [2.05, 4.69) is 31.3 Å². The zero-order chi connectivity index (χ0) is 22.6. The first-order chi connectivity index (χ1) is 14.7. The number of rotatable bonds is 7. The Kier molecular flexibility index (Phi) is 7.75. The molecule has 0 radical (unpaired) electrons. The van der Waals surface area contributed by atoms with Crippen LogP contribution in [0.15, 0.2) is 47.4 Å². The van der Waals surface area contributed by atoms with Crippen LogP contribution < -0.4 is 5.32 Å². The second-order valence-electron chi connectivity index (χ2n) is 8.19. The van der Waals surface area contributed by atoms with Gasteiger partial charge in [-0.15, -0.1) is 0 Å². The molecule has 2 aromatic rings. The average molecular weight is 465 g/mol. The van der Waals surface area contributed by atoms with Crippen LogP contribution in [0.5, 0.6) is 0 Å². The number of morpholine rings is 1. The summed E-state index contributed by atoms with van der Waals surface area (Å²) in [5.74, 6) is 0.161. The van der Waals surface area contributed by atoms with Crippen LogP contribution in [-0.4, -0.2) is 44.9 Å². The van der Waals surface area contributed by atoms with Crippen molar-refractivity contribution in [3.8, 4) is 0 Å². The molecule has 31 heavy (non-hydrogen) atoms. The third-order valence-corrected chi connectivity index (χ3v) is 7.49.